The molecule has 1 N–H and O–H groups in total. The molecule has 6 rings (SSSR count). The van der Waals surface area contributed by atoms with Gasteiger partial charge in [-0.05, 0) is 50.1 Å². The van der Waals surface area contributed by atoms with Gasteiger partial charge in [0.15, 0.2) is 16.8 Å². The van der Waals surface area contributed by atoms with Gasteiger partial charge in [-0.25, -0.2) is 29.0 Å². The highest BCUT2D eigenvalue weighted by atomic mass is 32.2. The number of thioether (sulfide) groups is 1. The zero-order valence-corrected chi connectivity index (χ0v) is 23.2. The van der Waals surface area contributed by atoms with Crippen molar-refractivity contribution in [2.24, 2.45) is 7.05 Å². The average Bonchev–Trinajstić information content (AvgIpc) is 3.36. The van der Waals surface area contributed by atoms with Crippen LogP contribution in [0, 0.1) is 12.7 Å². The summed E-state index contributed by atoms with van der Waals surface area (Å²) in [7, 11) is 1.81. The van der Waals surface area contributed by atoms with Crippen LogP contribution in [0.1, 0.15) is 18.4 Å². The highest BCUT2D eigenvalue weighted by Gasteiger charge is 2.23. The lowest BCUT2D eigenvalue weighted by molar-refractivity contribution is -0.126. The summed E-state index contributed by atoms with van der Waals surface area (Å²) in [5.41, 5.74) is 3.14. The van der Waals surface area contributed by atoms with Crippen molar-refractivity contribution < 1.29 is 13.9 Å². The van der Waals surface area contributed by atoms with Crippen LogP contribution in [0.25, 0.3) is 22.1 Å². The van der Waals surface area contributed by atoms with E-state index in [1.54, 1.807) is 58.7 Å². The number of aryl methyl sites for hydroxylation is 1. The van der Waals surface area contributed by atoms with Crippen molar-refractivity contribution in [3.05, 3.63) is 66.9 Å². The largest absolute Gasteiger partial charge is 0.457 e. The molecule has 0 atom stereocenters. The zero-order valence-electron chi connectivity index (χ0n) is 22.4. The molecular formula is C28H26FN9O2S. The third-order valence-corrected chi connectivity index (χ3v) is 8.17. The van der Waals surface area contributed by atoms with E-state index < -0.39 is 5.82 Å². The van der Waals surface area contributed by atoms with Crippen LogP contribution < -0.4 is 10.1 Å². The van der Waals surface area contributed by atoms with Crippen molar-refractivity contribution in [1.82, 2.24) is 39.8 Å². The minimum Gasteiger partial charge on any atom is -0.457 e. The van der Waals surface area contributed by atoms with Crippen LogP contribution in [0.4, 0.5) is 15.9 Å². The Kier molecular flexibility index (Phi) is 7.18. The molecule has 1 aliphatic rings. The first-order valence-corrected chi connectivity index (χ1v) is 13.9. The molecule has 3 aromatic heterocycles. The highest BCUT2D eigenvalue weighted by Crippen LogP contribution is 2.34. The molecule has 41 heavy (non-hydrogen) atoms. The van der Waals surface area contributed by atoms with Gasteiger partial charge < -0.3 is 15.0 Å². The molecule has 208 valence electrons. The molecular weight excluding hydrogens is 545 g/mol. The summed E-state index contributed by atoms with van der Waals surface area (Å²) in [6.45, 7) is 6.55. The second-order valence-corrected chi connectivity index (χ2v) is 10.9. The van der Waals surface area contributed by atoms with Gasteiger partial charge >= 0.3 is 0 Å². The fourth-order valence-electron chi connectivity index (χ4n) is 4.67. The van der Waals surface area contributed by atoms with E-state index in [1.165, 1.54) is 12.4 Å². The third kappa shape index (κ3) is 5.40. The normalized spacial score (nSPS) is 14.0. The second-order valence-electron chi connectivity index (χ2n) is 9.60. The fraction of sp³-hybridized carbons (Fsp3) is 0.250. The molecule has 1 aliphatic heterocycles. The Morgan fingerprint density at radius 2 is 2.00 bits per heavy atom. The molecule has 0 bridgehead atoms. The van der Waals surface area contributed by atoms with Crippen LogP contribution in [0.3, 0.4) is 0 Å². The summed E-state index contributed by atoms with van der Waals surface area (Å²) in [5.74, 6) is 0.757. The molecule has 4 heterocycles. The molecule has 0 radical (unpaired) electrons. The molecule has 0 saturated carbocycles. The lowest BCUT2D eigenvalue weighted by Crippen LogP contribution is -2.38. The van der Waals surface area contributed by atoms with Crippen molar-refractivity contribution >= 4 is 51.2 Å². The predicted molar refractivity (Wildman–Crippen MR) is 154 cm³/mol. The van der Waals surface area contributed by atoms with Crippen LogP contribution in [0.15, 0.2) is 60.7 Å². The molecule has 0 aliphatic carbocycles. The van der Waals surface area contributed by atoms with E-state index in [0.29, 0.717) is 57.7 Å². The second kappa shape index (κ2) is 11.1. The van der Waals surface area contributed by atoms with Crippen LogP contribution in [0.5, 0.6) is 11.5 Å². The number of nitrogens with zero attached hydrogens (tertiary/aromatic N) is 8. The van der Waals surface area contributed by atoms with E-state index >= 15 is 4.39 Å². The lowest BCUT2D eigenvalue weighted by Gasteiger charge is -2.30. The predicted octanol–water partition coefficient (Wildman–Crippen LogP) is 4.95. The molecule has 13 heteroatoms. The topological polar surface area (TPSA) is 124 Å². The maximum Gasteiger partial charge on any atom is 0.245 e. The number of hydrogen-bond acceptors (Lipinski definition) is 10. The number of carbonyl (C=O) groups is 1. The van der Waals surface area contributed by atoms with Crippen molar-refractivity contribution in [3.63, 3.8) is 0 Å². The Morgan fingerprint density at radius 3 is 2.80 bits per heavy atom. The van der Waals surface area contributed by atoms with E-state index in [4.69, 9.17) is 9.72 Å². The molecule has 1 fully saturated rings. The Labute approximate surface area is 238 Å². The van der Waals surface area contributed by atoms with Gasteiger partial charge in [0.05, 0.1) is 17.4 Å². The SMILES string of the molecule is C=CC(=O)N1CCC(Sc2ncc3ncnc(Nc4ccc(Oc5ccc6c(c5)nnn6C)c(C)c4F)c3n2)CC1. The van der Waals surface area contributed by atoms with Gasteiger partial charge in [-0.3, -0.25) is 4.79 Å². The Hall–Kier alpha value is -4.65. The standard InChI is InChI=1S/C28H26FN9O2S/c1-4-24(39)38-11-9-18(10-12-38)41-28-30-14-21-26(34-28)27(32-15-31-21)33-19-6-8-23(16(2)25(19)29)40-17-5-7-22-20(13-17)35-36-37(22)3/h4-8,13-15,18H,1,9-12H2,2-3H3,(H,31,32,33). The lowest BCUT2D eigenvalue weighted by atomic mass is 10.1. The van der Waals surface area contributed by atoms with Crippen LogP contribution >= 0.6 is 11.8 Å². The van der Waals surface area contributed by atoms with Gasteiger partial charge in [-0.1, -0.05) is 23.6 Å². The van der Waals surface area contributed by atoms with Crippen LogP contribution in [0.2, 0.25) is 0 Å². The van der Waals surface area contributed by atoms with Gasteiger partial charge in [0.25, 0.3) is 0 Å². The number of nitrogens with one attached hydrogen (secondary N) is 1. The number of hydrogen-bond donors (Lipinski definition) is 1. The quantitative estimate of drug-likeness (QED) is 0.212. The van der Waals surface area contributed by atoms with Crippen molar-refractivity contribution in [3.8, 4) is 11.5 Å². The van der Waals surface area contributed by atoms with E-state index in [-0.39, 0.29) is 16.8 Å². The number of likely N-dealkylation sites (tertiary alicyclic amines) is 1. The van der Waals surface area contributed by atoms with Gasteiger partial charge in [-0.15, -0.1) is 5.10 Å². The minimum absolute atomic E-state index is 0.0473. The number of aromatic nitrogens is 7. The number of anilines is 2. The number of piperidine rings is 1. The molecule has 2 aromatic carbocycles. The maximum atomic E-state index is 15.5. The first-order chi connectivity index (χ1) is 19.9. The molecule has 0 spiro atoms. The Morgan fingerprint density at radius 1 is 1.17 bits per heavy atom. The van der Waals surface area contributed by atoms with Crippen LogP contribution in [-0.4, -0.2) is 64.1 Å². The monoisotopic (exact) mass is 571 g/mol. The van der Waals surface area contributed by atoms with E-state index in [2.05, 4.69) is 37.2 Å². The van der Waals surface area contributed by atoms with Gasteiger partial charge in [0.2, 0.25) is 5.91 Å². The zero-order chi connectivity index (χ0) is 28.5. The number of ether oxygens (including phenoxy) is 1. The Bertz CT molecular complexity index is 1790. The number of carbonyl (C=O) groups excluding carboxylic acids is 1. The summed E-state index contributed by atoms with van der Waals surface area (Å²) in [4.78, 5) is 31.4. The molecule has 0 unspecified atom stereocenters. The van der Waals surface area contributed by atoms with Gasteiger partial charge in [0, 0.05) is 37.0 Å². The molecule has 1 saturated heterocycles. The summed E-state index contributed by atoms with van der Waals surface area (Å²) in [5, 5.41) is 12.0. The molecule has 5 aromatic rings. The summed E-state index contributed by atoms with van der Waals surface area (Å²) >= 11 is 1.56. The minimum atomic E-state index is -0.473. The summed E-state index contributed by atoms with van der Waals surface area (Å²) < 4.78 is 23.2. The highest BCUT2D eigenvalue weighted by molar-refractivity contribution is 7.99. The van der Waals surface area contributed by atoms with E-state index in [1.807, 2.05) is 13.1 Å². The summed E-state index contributed by atoms with van der Waals surface area (Å²) in [6, 6.07) is 8.71. The number of amides is 1. The fourth-order valence-corrected chi connectivity index (χ4v) is 5.67. The third-order valence-electron chi connectivity index (χ3n) is 6.96. The van der Waals surface area contributed by atoms with Gasteiger partial charge in [-0.2, -0.15) is 0 Å². The summed E-state index contributed by atoms with van der Waals surface area (Å²) in [6.07, 6.45) is 6.03. The first-order valence-electron chi connectivity index (χ1n) is 13.0. The number of halogens is 1. The van der Waals surface area contributed by atoms with Crippen molar-refractivity contribution in [2.75, 3.05) is 18.4 Å². The van der Waals surface area contributed by atoms with Crippen molar-refractivity contribution in [2.45, 2.75) is 30.2 Å². The number of benzene rings is 2. The van der Waals surface area contributed by atoms with E-state index in [0.717, 1.165) is 18.4 Å². The maximum absolute atomic E-state index is 15.5. The van der Waals surface area contributed by atoms with Gasteiger partial charge in [0.1, 0.15) is 34.4 Å². The van der Waals surface area contributed by atoms with Crippen molar-refractivity contribution in [1.29, 1.82) is 0 Å². The average molecular weight is 572 g/mol. The smallest absolute Gasteiger partial charge is 0.245 e. The Balaban J connectivity index is 1.20. The molecule has 11 nitrogen and oxygen atoms in total. The van der Waals surface area contributed by atoms with E-state index in [9.17, 15) is 4.79 Å². The molecule has 1 amide bonds. The number of fused-ring (bicyclic) bond motifs is 2. The number of rotatable bonds is 7. The first kappa shape index (κ1) is 26.6. The van der Waals surface area contributed by atoms with Crippen LogP contribution in [-0.2, 0) is 11.8 Å².